The molecule has 96 valence electrons. The summed E-state index contributed by atoms with van der Waals surface area (Å²) in [6.07, 6.45) is 0.333. The number of carboxylic acid groups (broad SMARTS) is 3. The van der Waals surface area contributed by atoms with E-state index in [0.29, 0.717) is 0 Å². The van der Waals surface area contributed by atoms with E-state index < -0.39 is 17.9 Å². The average Bonchev–Trinajstić information content (AvgIpc) is 2.19. The minimum atomic E-state index is -0.995. The Morgan fingerprint density at radius 3 is 0.750 bits per heavy atom. The van der Waals surface area contributed by atoms with Crippen LogP contribution in [0.1, 0.15) is 40.0 Å². The minimum Gasteiger partial charge on any atom is -0.550 e. The molecule has 0 bridgehead atoms. The van der Waals surface area contributed by atoms with E-state index in [1.165, 1.54) is 20.8 Å². The molecule has 16 heavy (non-hydrogen) atoms. The Balaban J connectivity index is -0.0000000655. The zero-order valence-corrected chi connectivity index (χ0v) is 11.8. The molecular formula is C9H15IrO6. The van der Waals surface area contributed by atoms with Crippen LogP contribution >= 0.6 is 0 Å². The number of carbonyl (C=O) groups excluding carboxylic acids is 3. The summed E-state index contributed by atoms with van der Waals surface area (Å²) < 4.78 is 0. The molecule has 7 heteroatoms. The zero-order valence-electron chi connectivity index (χ0n) is 9.40. The smallest absolute Gasteiger partial charge is 0.550 e. The number of carbonyl (C=O) groups is 3. The van der Waals surface area contributed by atoms with Crippen molar-refractivity contribution in [2.24, 2.45) is 0 Å². The average molecular weight is 411 g/mol. The molecule has 0 radical (unpaired) electrons. The topological polar surface area (TPSA) is 120 Å². The first-order valence-corrected chi connectivity index (χ1v) is 4.41. The summed E-state index contributed by atoms with van der Waals surface area (Å²) in [4.78, 5) is 27.8. The molecule has 0 aromatic carbocycles. The number of aliphatic carboxylic acids is 3. The SMILES string of the molecule is CCC(=O)[O-].CCC(=O)[O-].CCC(=O)[O-].[Ir+3]. The van der Waals surface area contributed by atoms with Gasteiger partial charge < -0.3 is 29.7 Å². The number of hydrogen-bond acceptors (Lipinski definition) is 6. The van der Waals surface area contributed by atoms with Gasteiger partial charge in [0.15, 0.2) is 0 Å². The van der Waals surface area contributed by atoms with Gasteiger partial charge in [-0.3, -0.25) is 0 Å². The molecule has 6 nitrogen and oxygen atoms in total. The van der Waals surface area contributed by atoms with Crippen LogP contribution in [0.15, 0.2) is 0 Å². The number of carboxylic acids is 3. The second-order valence-electron chi connectivity index (χ2n) is 2.18. The Morgan fingerprint density at radius 2 is 0.750 bits per heavy atom. The third-order valence-electron chi connectivity index (χ3n) is 0.866. The summed E-state index contributed by atoms with van der Waals surface area (Å²) in [5.74, 6) is -2.99. The molecule has 0 amide bonds. The summed E-state index contributed by atoms with van der Waals surface area (Å²) in [7, 11) is 0. The molecule has 0 aromatic rings. The summed E-state index contributed by atoms with van der Waals surface area (Å²) >= 11 is 0. The van der Waals surface area contributed by atoms with Crippen LogP contribution in [0, 0.1) is 0 Å². The van der Waals surface area contributed by atoms with Crippen molar-refractivity contribution in [3.05, 3.63) is 0 Å². The fourth-order valence-corrected chi connectivity index (χ4v) is 0. The van der Waals surface area contributed by atoms with Gasteiger partial charge in [-0.2, -0.15) is 0 Å². The molecule has 0 N–H and O–H groups in total. The Bertz CT molecular complexity index is 159. The third kappa shape index (κ3) is 74.2. The van der Waals surface area contributed by atoms with Crippen molar-refractivity contribution in [1.29, 1.82) is 0 Å². The van der Waals surface area contributed by atoms with Gasteiger partial charge in [-0.15, -0.1) is 0 Å². The summed E-state index contributed by atoms with van der Waals surface area (Å²) in [5.41, 5.74) is 0. The largest absolute Gasteiger partial charge is 3.00 e. The second-order valence-corrected chi connectivity index (χ2v) is 2.18. The van der Waals surface area contributed by atoms with E-state index in [2.05, 4.69) is 0 Å². The molecule has 0 unspecified atom stereocenters. The number of rotatable bonds is 3. The van der Waals surface area contributed by atoms with Gasteiger partial charge in [0.25, 0.3) is 0 Å². The molecule has 0 aromatic heterocycles. The van der Waals surface area contributed by atoms with E-state index >= 15 is 0 Å². The summed E-state index contributed by atoms with van der Waals surface area (Å²) in [6.45, 7) is 4.61. The monoisotopic (exact) mass is 412 g/mol. The van der Waals surface area contributed by atoms with E-state index in [4.69, 9.17) is 0 Å². The van der Waals surface area contributed by atoms with Gasteiger partial charge in [-0.25, -0.2) is 0 Å². The Hall–Kier alpha value is -0.941. The molecule has 0 fully saturated rings. The maximum Gasteiger partial charge on any atom is 3.00 e. The maximum absolute atomic E-state index is 9.26. The Morgan fingerprint density at radius 1 is 0.688 bits per heavy atom. The molecule has 0 spiro atoms. The van der Waals surface area contributed by atoms with Gasteiger partial charge in [0, 0.05) is 17.9 Å². The fourth-order valence-electron chi connectivity index (χ4n) is 0. The predicted octanol–water partition coefficient (Wildman–Crippen LogP) is -2.56. The second kappa shape index (κ2) is 19.6. The molecule has 0 aliphatic heterocycles. The first-order valence-electron chi connectivity index (χ1n) is 4.41. The van der Waals surface area contributed by atoms with Crippen LogP contribution in [0.25, 0.3) is 0 Å². The van der Waals surface area contributed by atoms with Crippen molar-refractivity contribution < 1.29 is 49.8 Å². The van der Waals surface area contributed by atoms with Gasteiger partial charge in [-0.1, -0.05) is 20.8 Å². The quantitative estimate of drug-likeness (QED) is 0.504. The fraction of sp³-hybridized carbons (Fsp3) is 0.667. The van der Waals surface area contributed by atoms with E-state index in [-0.39, 0.29) is 39.4 Å². The first-order chi connectivity index (χ1) is 6.81. The predicted molar refractivity (Wildman–Crippen MR) is 45.9 cm³/mol. The van der Waals surface area contributed by atoms with E-state index in [9.17, 15) is 29.7 Å². The molecule has 0 saturated carbocycles. The standard InChI is InChI=1S/3C3H6O2.Ir/c3*1-2-3(4)5;/h3*2H2,1H3,(H,4,5);/q;;;+3/p-3. The zero-order chi connectivity index (χ0) is 12.9. The van der Waals surface area contributed by atoms with Crippen LogP contribution in [0.5, 0.6) is 0 Å². The van der Waals surface area contributed by atoms with E-state index in [1.54, 1.807) is 0 Å². The minimum absolute atomic E-state index is 0. The molecule has 0 heterocycles. The summed E-state index contributed by atoms with van der Waals surface area (Å²) in [6, 6.07) is 0. The van der Waals surface area contributed by atoms with E-state index in [1.807, 2.05) is 0 Å². The Labute approximate surface area is 108 Å². The van der Waals surface area contributed by atoms with Crippen molar-refractivity contribution in [1.82, 2.24) is 0 Å². The molecule has 0 aliphatic carbocycles. The normalized spacial score (nSPS) is 6.94. The van der Waals surface area contributed by atoms with Crippen LogP contribution in [0.3, 0.4) is 0 Å². The van der Waals surface area contributed by atoms with Gasteiger partial charge in [-0.05, 0) is 19.3 Å². The van der Waals surface area contributed by atoms with Crippen LogP contribution < -0.4 is 15.3 Å². The van der Waals surface area contributed by atoms with Crippen LogP contribution in [-0.4, -0.2) is 17.9 Å². The molecular weight excluding hydrogens is 396 g/mol. The van der Waals surface area contributed by atoms with Crippen LogP contribution in [-0.2, 0) is 34.5 Å². The van der Waals surface area contributed by atoms with Gasteiger partial charge in [0.2, 0.25) is 0 Å². The van der Waals surface area contributed by atoms with Crippen LogP contribution in [0.2, 0.25) is 0 Å². The maximum atomic E-state index is 9.26. The van der Waals surface area contributed by atoms with Crippen molar-refractivity contribution in [2.45, 2.75) is 40.0 Å². The summed E-state index contributed by atoms with van der Waals surface area (Å²) in [5, 5.41) is 27.8. The molecule has 0 atom stereocenters. The molecule has 0 aliphatic rings. The molecule has 0 rings (SSSR count). The molecule has 0 saturated heterocycles. The van der Waals surface area contributed by atoms with Gasteiger partial charge in [0.1, 0.15) is 0 Å². The van der Waals surface area contributed by atoms with Crippen molar-refractivity contribution in [3.8, 4) is 0 Å². The van der Waals surface area contributed by atoms with E-state index in [0.717, 1.165) is 0 Å². The van der Waals surface area contributed by atoms with Crippen molar-refractivity contribution >= 4 is 17.9 Å². The third-order valence-corrected chi connectivity index (χ3v) is 0.866. The van der Waals surface area contributed by atoms with Crippen LogP contribution in [0.4, 0.5) is 0 Å². The van der Waals surface area contributed by atoms with Crippen molar-refractivity contribution in [3.63, 3.8) is 0 Å². The number of hydrogen-bond donors (Lipinski definition) is 0. The van der Waals surface area contributed by atoms with Crippen molar-refractivity contribution in [2.75, 3.05) is 0 Å². The Kier molecular flexibility index (Phi) is 29.8. The first kappa shape index (κ1) is 24.3. The van der Waals surface area contributed by atoms with Gasteiger partial charge in [0.05, 0.1) is 0 Å². The van der Waals surface area contributed by atoms with Gasteiger partial charge >= 0.3 is 20.1 Å².